The summed E-state index contributed by atoms with van der Waals surface area (Å²) in [5.41, 5.74) is 5.48. The summed E-state index contributed by atoms with van der Waals surface area (Å²) in [7, 11) is 0. The molecule has 2 rings (SSSR count). The van der Waals surface area contributed by atoms with E-state index in [1.807, 2.05) is 4.90 Å². The van der Waals surface area contributed by atoms with Crippen LogP contribution in [0.3, 0.4) is 0 Å². The van der Waals surface area contributed by atoms with Crippen molar-refractivity contribution >= 4 is 5.91 Å². The van der Waals surface area contributed by atoms with E-state index in [0.29, 0.717) is 18.1 Å². The van der Waals surface area contributed by atoms with Crippen LogP contribution in [0.1, 0.15) is 49.4 Å². The lowest BCUT2D eigenvalue weighted by molar-refractivity contribution is 0.0477. The monoisotopic (exact) mass is 236 g/mol. The van der Waals surface area contributed by atoms with Gasteiger partial charge in [0.15, 0.2) is 5.76 Å². The Balaban J connectivity index is 2.17. The Morgan fingerprint density at radius 2 is 2.06 bits per heavy atom. The van der Waals surface area contributed by atoms with E-state index >= 15 is 0 Å². The van der Waals surface area contributed by atoms with Gasteiger partial charge in [-0.05, 0) is 45.2 Å². The van der Waals surface area contributed by atoms with E-state index < -0.39 is 0 Å². The van der Waals surface area contributed by atoms with Crippen molar-refractivity contribution in [3.63, 3.8) is 0 Å². The van der Waals surface area contributed by atoms with E-state index in [1.165, 1.54) is 6.42 Å². The molecule has 2 heterocycles. The SMILES string of the molecule is C[C@@H]1CCC[C@H](C)N1C(=O)c1ccc(CN)o1. The predicted molar refractivity (Wildman–Crippen MR) is 65.5 cm³/mol. The fraction of sp³-hybridized carbons (Fsp3) is 0.615. The molecule has 4 nitrogen and oxygen atoms in total. The molecule has 17 heavy (non-hydrogen) atoms. The summed E-state index contributed by atoms with van der Waals surface area (Å²) in [6, 6.07) is 4.07. The Bertz CT molecular complexity index is 390. The van der Waals surface area contributed by atoms with Crippen molar-refractivity contribution in [1.29, 1.82) is 0 Å². The highest BCUT2D eigenvalue weighted by molar-refractivity contribution is 5.92. The lowest BCUT2D eigenvalue weighted by Crippen LogP contribution is -2.47. The third kappa shape index (κ3) is 2.36. The van der Waals surface area contributed by atoms with E-state index in [4.69, 9.17) is 10.2 Å². The average molecular weight is 236 g/mol. The van der Waals surface area contributed by atoms with Crippen LogP contribution in [-0.2, 0) is 6.54 Å². The number of carbonyl (C=O) groups is 1. The highest BCUT2D eigenvalue weighted by Gasteiger charge is 2.31. The standard InChI is InChI=1S/C13H20N2O2/c1-9-4-3-5-10(2)15(9)13(16)12-7-6-11(8-14)17-12/h6-7,9-10H,3-5,8,14H2,1-2H3/t9-,10+. The second kappa shape index (κ2) is 4.92. The van der Waals surface area contributed by atoms with Crippen LogP contribution in [0.15, 0.2) is 16.5 Å². The highest BCUT2D eigenvalue weighted by Crippen LogP contribution is 2.25. The van der Waals surface area contributed by atoms with Crippen molar-refractivity contribution in [1.82, 2.24) is 4.90 Å². The van der Waals surface area contributed by atoms with E-state index in [1.54, 1.807) is 12.1 Å². The van der Waals surface area contributed by atoms with Crippen LogP contribution in [-0.4, -0.2) is 22.9 Å². The van der Waals surface area contributed by atoms with Gasteiger partial charge in [0, 0.05) is 12.1 Å². The molecule has 1 aromatic heterocycles. The molecule has 0 saturated carbocycles. The minimum absolute atomic E-state index is 0.00981. The van der Waals surface area contributed by atoms with Gasteiger partial charge < -0.3 is 15.1 Å². The van der Waals surface area contributed by atoms with Crippen molar-refractivity contribution in [2.24, 2.45) is 5.73 Å². The number of hydrogen-bond donors (Lipinski definition) is 1. The van der Waals surface area contributed by atoms with Gasteiger partial charge in [-0.1, -0.05) is 0 Å². The Morgan fingerprint density at radius 1 is 1.41 bits per heavy atom. The summed E-state index contributed by atoms with van der Waals surface area (Å²) in [5.74, 6) is 1.06. The van der Waals surface area contributed by atoms with Crippen molar-refractivity contribution in [3.05, 3.63) is 23.7 Å². The molecular weight excluding hydrogens is 216 g/mol. The third-order valence-electron chi connectivity index (χ3n) is 3.50. The Kier molecular flexibility index (Phi) is 3.52. The maximum absolute atomic E-state index is 12.3. The number of nitrogens with zero attached hydrogens (tertiary/aromatic N) is 1. The largest absolute Gasteiger partial charge is 0.455 e. The molecule has 1 fully saturated rings. The molecule has 2 atom stereocenters. The number of amides is 1. The molecule has 1 amide bonds. The zero-order valence-electron chi connectivity index (χ0n) is 10.5. The normalized spacial score (nSPS) is 25.0. The summed E-state index contributed by atoms with van der Waals surface area (Å²) in [6.07, 6.45) is 3.33. The van der Waals surface area contributed by atoms with E-state index in [0.717, 1.165) is 12.8 Å². The van der Waals surface area contributed by atoms with Gasteiger partial charge in [0.05, 0.1) is 6.54 Å². The maximum Gasteiger partial charge on any atom is 0.290 e. The van der Waals surface area contributed by atoms with Crippen LogP contribution in [0.25, 0.3) is 0 Å². The molecule has 0 unspecified atom stereocenters. The van der Waals surface area contributed by atoms with Crippen LogP contribution >= 0.6 is 0 Å². The van der Waals surface area contributed by atoms with Gasteiger partial charge in [-0.2, -0.15) is 0 Å². The molecule has 0 radical (unpaired) electrons. The van der Waals surface area contributed by atoms with Crippen LogP contribution in [0.4, 0.5) is 0 Å². The number of carbonyl (C=O) groups excluding carboxylic acids is 1. The van der Waals surface area contributed by atoms with Crippen LogP contribution < -0.4 is 5.73 Å². The molecule has 1 aromatic rings. The van der Waals surface area contributed by atoms with E-state index in [-0.39, 0.29) is 18.0 Å². The second-order valence-electron chi connectivity index (χ2n) is 4.81. The second-order valence-corrected chi connectivity index (χ2v) is 4.81. The van der Waals surface area contributed by atoms with Crippen molar-refractivity contribution in [2.75, 3.05) is 0 Å². The fourth-order valence-corrected chi connectivity index (χ4v) is 2.55. The highest BCUT2D eigenvalue weighted by atomic mass is 16.4. The number of nitrogens with two attached hydrogens (primary N) is 1. The van der Waals surface area contributed by atoms with E-state index in [2.05, 4.69) is 13.8 Å². The first-order valence-electron chi connectivity index (χ1n) is 6.25. The summed E-state index contributed by atoms with van der Waals surface area (Å²) in [5, 5.41) is 0. The lowest BCUT2D eigenvalue weighted by Gasteiger charge is -2.38. The van der Waals surface area contributed by atoms with E-state index in [9.17, 15) is 4.79 Å². The topological polar surface area (TPSA) is 59.5 Å². The van der Waals surface area contributed by atoms with Gasteiger partial charge in [0.1, 0.15) is 5.76 Å². The number of furan rings is 1. The molecule has 0 bridgehead atoms. The Hall–Kier alpha value is -1.29. The Morgan fingerprint density at radius 3 is 2.59 bits per heavy atom. The molecule has 2 N–H and O–H groups in total. The minimum Gasteiger partial charge on any atom is -0.455 e. The third-order valence-corrected chi connectivity index (χ3v) is 3.50. The van der Waals surface area contributed by atoms with Gasteiger partial charge in [-0.15, -0.1) is 0 Å². The van der Waals surface area contributed by atoms with Crippen LogP contribution in [0.2, 0.25) is 0 Å². The van der Waals surface area contributed by atoms with Gasteiger partial charge in [-0.25, -0.2) is 0 Å². The molecule has 0 aliphatic carbocycles. The number of rotatable bonds is 2. The first kappa shape index (κ1) is 12.2. The molecule has 1 saturated heterocycles. The number of hydrogen-bond acceptors (Lipinski definition) is 3. The van der Waals surface area contributed by atoms with Gasteiger partial charge in [0.2, 0.25) is 0 Å². The summed E-state index contributed by atoms with van der Waals surface area (Å²) in [6.45, 7) is 4.53. The number of likely N-dealkylation sites (tertiary alicyclic amines) is 1. The van der Waals surface area contributed by atoms with Gasteiger partial charge >= 0.3 is 0 Å². The lowest BCUT2D eigenvalue weighted by atomic mass is 9.97. The number of piperidine rings is 1. The van der Waals surface area contributed by atoms with Crippen molar-refractivity contribution in [2.45, 2.75) is 51.7 Å². The molecule has 1 aliphatic rings. The minimum atomic E-state index is -0.00981. The van der Waals surface area contributed by atoms with Crippen LogP contribution in [0.5, 0.6) is 0 Å². The molecule has 94 valence electrons. The van der Waals surface area contributed by atoms with Crippen molar-refractivity contribution < 1.29 is 9.21 Å². The predicted octanol–water partition coefficient (Wildman–Crippen LogP) is 2.14. The summed E-state index contributed by atoms with van der Waals surface area (Å²) >= 11 is 0. The first-order valence-corrected chi connectivity index (χ1v) is 6.25. The first-order chi connectivity index (χ1) is 8.13. The van der Waals surface area contributed by atoms with Crippen molar-refractivity contribution in [3.8, 4) is 0 Å². The maximum atomic E-state index is 12.3. The molecular formula is C13H20N2O2. The Labute approximate surface area is 102 Å². The molecule has 0 aromatic carbocycles. The fourth-order valence-electron chi connectivity index (χ4n) is 2.55. The van der Waals surface area contributed by atoms with Gasteiger partial charge in [-0.3, -0.25) is 4.79 Å². The average Bonchev–Trinajstić information content (AvgIpc) is 2.77. The zero-order chi connectivity index (χ0) is 12.4. The van der Waals surface area contributed by atoms with Gasteiger partial charge in [0.25, 0.3) is 5.91 Å². The quantitative estimate of drug-likeness (QED) is 0.855. The molecule has 1 aliphatic heterocycles. The smallest absolute Gasteiger partial charge is 0.290 e. The summed E-state index contributed by atoms with van der Waals surface area (Å²) < 4.78 is 5.43. The zero-order valence-corrected chi connectivity index (χ0v) is 10.5. The molecule has 0 spiro atoms. The molecule has 4 heteroatoms. The summed E-state index contributed by atoms with van der Waals surface area (Å²) in [4.78, 5) is 14.3. The van der Waals surface area contributed by atoms with Crippen LogP contribution in [0, 0.1) is 0 Å².